The maximum Gasteiger partial charge on any atom is 0.172 e. The van der Waals surface area contributed by atoms with Crippen LogP contribution in [0.1, 0.15) is 0 Å². The average Bonchev–Trinajstić information content (AvgIpc) is 2.56. The van der Waals surface area contributed by atoms with Crippen molar-refractivity contribution in [2.75, 3.05) is 0 Å². The molecule has 3 rings (SSSR count). The van der Waals surface area contributed by atoms with Gasteiger partial charge in [-0.3, -0.25) is 0 Å². The summed E-state index contributed by atoms with van der Waals surface area (Å²) in [6, 6.07) is 12.6. The molecule has 0 saturated heterocycles. The molecule has 0 fully saturated rings. The van der Waals surface area contributed by atoms with Crippen LogP contribution >= 0.6 is 22.6 Å². The van der Waals surface area contributed by atoms with E-state index in [0.717, 1.165) is 9.35 Å². The zero-order valence-corrected chi connectivity index (χ0v) is 10.4. The van der Waals surface area contributed by atoms with Gasteiger partial charge in [-0.25, -0.2) is 4.98 Å². The number of halogens is 1. The molecule has 0 bridgehead atoms. The maximum absolute atomic E-state index is 4.59. The van der Waals surface area contributed by atoms with E-state index in [9.17, 15) is 0 Å². The van der Waals surface area contributed by atoms with E-state index in [0.29, 0.717) is 0 Å². The normalized spacial score (nSPS) is 11.3. The first-order valence-corrected chi connectivity index (χ1v) is 5.85. The van der Waals surface area contributed by atoms with Crippen LogP contribution in [0.2, 0.25) is 0 Å². The summed E-state index contributed by atoms with van der Waals surface area (Å²) in [4.78, 5) is 4.59. The van der Waals surface area contributed by atoms with Gasteiger partial charge in [0, 0.05) is 12.4 Å². The van der Waals surface area contributed by atoms with Crippen LogP contribution in [0, 0.1) is 3.83 Å². The molecule has 0 saturated carbocycles. The Morgan fingerprint density at radius 2 is 1.93 bits per heavy atom. The Morgan fingerprint density at radius 1 is 1.13 bits per heavy atom. The molecule has 1 aromatic heterocycles. The molecule has 3 heteroatoms. The monoisotopic (exact) mass is 308 g/mol. The minimum Gasteiger partial charge on any atom is -0.322 e. The predicted octanol–water partition coefficient (Wildman–Crippen LogP) is 3.33. The molecule has 0 atom stereocenters. The fourth-order valence-corrected chi connectivity index (χ4v) is 2.40. The van der Waals surface area contributed by atoms with Crippen molar-refractivity contribution in [3.63, 3.8) is 0 Å². The third-order valence-electron chi connectivity index (χ3n) is 2.72. The van der Waals surface area contributed by atoms with Crippen molar-refractivity contribution in [3.8, 4) is 0 Å². The van der Waals surface area contributed by atoms with Crippen LogP contribution in [0.3, 0.4) is 0 Å². The molecule has 3 aromatic rings. The van der Waals surface area contributed by atoms with E-state index in [1.54, 1.807) is 0 Å². The Bertz CT molecular complexity index is 655. The van der Waals surface area contributed by atoms with Crippen molar-refractivity contribution in [1.29, 1.82) is 0 Å². The molecule has 0 amide bonds. The summed E-state index contributed by atoms with van der Waals surface area (Å²) in [6.45, 7) is 0. The first-order valence-electron chi connectivity index (χ1n) is 4.77. The van der Waals surface area contributed by atoms with Crippen molar-refractivity contribution in [3.05, 3.63) is 40.2 Å². The SMILES string of the molecule is Cn1c(I)nc2c3ccccc3ccc21. The number of benzene rings is 2. The molecule has 2 nitrogen and oxygen atoms in total. The summed E-state index contributed by atoms with van der Waals surface area (Å²) in [5.41, 5.74) is 2.29. The lowest BCUT2D eigenvalue weighted by atomic mass is 10.1. The number of rotatable bonds is 0. The van der Waals surface area contributed by atoms with Crippen LogP contribution in [0.4, 0.5) is 0 Å². The number of hydrogen-bond donors (Lipinski definition) is 0. The van der Waals surface area contributed by atoms with E-state index < -0.39 is 0 Å². The number of hydrogen-bond acceptors (Lipinski definition) is 1. The highest BCUT2D eigenvalue weighted by Gasteiger charge is 2.07. The van der Waals surface area contributed by atoms with Gasteiger partial charge in [-0.1, -0.05) is 30.3 Å². The van der Waals surface area contributed by atoms with E-state index in [1.807, 2.05) is 7.05 Å². The second-order valence-corrected chi connectivity index (χ2v) is 4.56. The van der Waals surface area contributed by atoms with Gasteiger partial charge in [0.15, 0.2) is 3.83 Å². The molecular weight excluding hydrogens is 299 g/mol. The second kappa shape index (κ2) is 3.20. The van der Waals surface area contributed by atoms with Crippen molar-refractivity contribution in [2.24, 2.45) is 7.05 Å². The largest absolute Gasteiger partial charge is 0.322 e. The average molecular weight is 308 g/mol. The quantitative estimate of drug-likeness (QED) is 0.583. The maximum atomic E-state index is 4.59. The smallest absolute Gasteiger partial charge is 0.172 e. The lowest BCUT2D eigenvalue weighted by Crippen LogP contribution is -1.89. The Kier molecular flexibility index (Phi) is 1.95. The van der Waals surface area contributed by atoms with Gasteiger partial charge in [0.05, 0.1) is 11.0 Å². The van der Waals surface area contributed by atoms with Crippen molar-refractivity contribution >= 4 is 44.4 Å². The zero-order chi connectivity index (χ0) is 10.4. The molecule has 2 aromatic carbocycles. The summed E-state index contributed by atoms with van der Waals surface area (Å²) < 4.78 is 3.14. The number of aryl methyl sites for hydroxylation is 1. The highest BCUT2D eigenvalue weighted by atomic mass is 127. The van der Waals surface area contributed by atoms with Crippen LogP contribution < -0.4 is 0 Å². The number of imidazole rings is 1. The molecule has 0 unspecified atom stereocenters. The van der Waals surface area contributed by atoms with Gasteiger partial charge >= 0.3 is 0 Å². The molecule has 0 radical (unpaired) electrons. The molecular formula is C12H9IN2. The number of fused-ring (bicyclic) bond motifs is 3. The first-order chi connectivity index (χ1) is 7.27. The van der Waals surface area contributed by atoms with Gasteiger partial charge < -0.3 is 4.57 Å². The van der Waals surface area contributed by atoms with Crippen LogP contribution in [-0.2, 0) is 7.05 Å². The Labute approximate surface area is 101 Å². The third-order valence-corrected chi connectivity index (χ3v) is 3.69. The molecule has 1 heterocycles. The fraction of sp³-hybridized carbons (Fsp3) is 0.0833. The van der Waals surface area contributed by atoms with E-state index in [4.69, 9.17) is 0 Å². The molecule has 0 aliphatic heterocycles. The summed E-state index contributed by atoms with van der Waals surface area (Å²) in [5.74, 6) is 0. The summed E-state index contributed by atoms with van der Waals surface area (Å²) >= 11 is 2.26. The van der Waals surface area contributed by atoms with Crippen LogP contribution in [-0.4, -0.2) is 9.55 Å². The lowest BCUT2D eigenvalue weighted by Gasteiger charge is -1.99. The van der Waals surface area contributed by atoms with E-state index in [-0.39, 0.29) is 0 Å². The van der Waals surface area contributed by atoms with Crippen molar-refractivity contribution in [1.82, 2.24) is 9.55 Å². The van der Waals surface area contributed by atoms with Gasteiger partial charge in [-0.2, -0.15) is 0 Å². The van der Waals surface area contributed by atoms with Gasteiger partial charge in [-0.05, 0) is 34.0 Å². The van der Waals surface area contributed by atoms with Gasteiger partial charge in [0.1, 0.15) is 0 Å². The minimum absolute atomic E-state index is 1.03. The van der Waals surface area contributed by atoms with Crippen LogP contribution in [0.5, 0.6) is 0 Å². The van der Waals surface area contributed by atoms with E-state index in [2.05, 4.69) is 68.5 Å². The molecule has 0 aliphatic rings. The number of aromatic nitrogens is 2. The summed E-state index contributed by atoms with van der Waals surface area (Å²) in [7, 11) is 2.05. The highest BCUT2D eigenvalue weighted by Crippen LogP contribution is 2.25. The Hall–Kier alpha value is -1.10. The van der Waals surface area contributed by atoms with E-state index in [1.165, 1.54) is 16.3 Å². The van der Waals surface area contributed by atoms with E-state index >= 15 is 0 Å². The minimum atomic E-state index is 1.03. The molecule has 15 heavy (non-hydrogen) atoms. The third kappa shape index (κ3) is 1.26. The summed E-state index contributed by atoms with van der Waals surface area (Å²) in [6.07, 6.45) is 0. The standard InChI is InChI=1S/C12H9IN2/c1-15-10-7-6-8-4-2-3-5-9(8)11(10)14-12(15)13/h2-7H,1H3. The van der Waals surface area contributed by atoms with Crippen LogP contribution in [0.15, 0.2) is 36.4 Å². The van der Waals surface area contributed by atoms with Gasteiger partial charge in [0.2, 0.25) is 0 Å². The molecule has 0 N–H and O–H groups in total. The van der Waals surface area contributed by atoms with Crippen LogP contribution in [0.25, 0.3) is 21.8 Å². The van der Waals surface area contributed by atoms with Crippen molar-refractivity contribution < 1.29 is 0 Å². The molecule has 74 valence electrons. The predicted molar refractivity (Wildman–Crippen MR) is 70.9 cm³/mol. The molecule has 0 spiro atoms. The Balaban J connectivity index is 2.60. The Morgan fingerprint density at radius 3 is 2.80 bits per heavy atom. The highest BCUT2D eigenvalue weighted by molar-refractivity contribution is 14.1. The van der Waals surface area contributed by atoms with Gasteiger partial charge in [-0.15, -0.1) is 0 Å². The van der Waals surface area contributed by atoms with Crippen molar-refractivity contribution in [2.45, 2.75) is 0 Å². The topological polar surface area (TPSA) is 17.8 Å². The summed E-state index contributed by atoms with van der Waals surface area (Å²) in [5, 5.41) is 2.48. The zero-order valence-electron chi connectivity index (χ0n) is 8.24. The first kappa shape index (κ1) is 9.15. The number of nitrogens with zero attached hydrogens (tertiary/aromatic N) is 2. The fourth-order valence-electron chi connectivity index (χ4n) is 1.90. The van der Waals surface area contributed by atoms with Gasteiger partial charge in [0.25, 0.3) is 0 Å². The molecule has 0 aliphatic carbocycles. The second-order valence-electron chi connectivity index (χ2n) is 3.59. The lowest BCUT2D eigenvalue weighted by molar-refractivity contribution is 0.908.